The molecule has 2 aromatic rings. The standard InChI is InChI=1S/C24H28ClFN6O2/c1-6-18(33)30-9-10-31(15(5)12-30)22-16-11-17(26)21(25)28-23(16)32(24(34)29-22)20-14(4)7-8-27-19(20)13(2)3/h6-8,11,13,15,24,34H,1,9-10,12H2,2-5H3/t15-,24?/m0/s1. The number of aryl methyl sites for hydroxylation is 1. The Morgan fingerprint density at radius 3 is 2.76 bits per heavy atom. The number of nitrogens with zero attached hydrogens (tertiary/aromatic N) is 6. The molecule has 8 nitrogen and oxygen atoms in total. The number of halogens is 2. The third-order valence-electron chi connectivity index (χ3n) is 6.18. The Labute approximate surface area is 203 Å². The number of hydrogen-bond donors (Lipinski definition) is 1. The predicted octanol–water partition coefficient (Wildman–Crippen LogP) is 3.59. The summed E-state index contributed by atoms with van der Waals surface area (Å²) < 4.78 is 14.6. The van der Waals surface area contributed by atoms with E-state index in [1.165, 1.54) is 12.1 Å². The molecule has 1 N–H and O–H groups in total. The Morgan fingerprint density at radius 1 is 1.38 bits per heavy atom. The highest BCUT2D eigenvalue weighted by molar-refractivity contribution is 6.30. The van der Waals surface area contributed by atoms with Gasteiger partial charge in [0.25, 0.3) is 0 Å². The number of amidine groups is 1. The van der Waals surface area contributed by atoms with Gasteiger partial charge in [0.1, 0.15) is 11.7 Å². The van der Waals surface area contributed by atoms with Gasteiger partial charge in [-0.3, -0.25) is 14.7 Å². The van der Waals surface area contributed by atoms with Crippen molar-refractivity contribution in [3.63, 3.8) is 0 Å². The lowest BCUT2D eigenvalue weighted by Gasteiger charge is -2.44. The zero-order valence-electron chi connectivity index (χ0n) is 19.7. The summed E-state index contributed by atoms with van der Waals surface area (Å²) in [5.41, 5.74) is 2.71. The number of aliphatic hydroxyl groups is 1. The molecular weight excluding hydrogens is 459 g/mol. The molecule has 0 spiro atoms. The van der Waals surface area contributed by atoms with Crippen LogP contribution in [0.2, 0.25) is 5.15 Å². The minimum Gasteiger partial charge on any atom is -0.355 e. The zero-order chi connectivity index (χ0) is 24.7. The van der Waals surface area contributed by atoms with Gasteiger partial charge in [0.2, 0.25) is 12.3 Å². The van der Waals surface area contributed by atoms with Gasteiger partial charge in [-0.25, -0.2) is 14.4 Å². The van der Waals surface area contributed by atoms with Crippen molar-refractivity contribution in [2.24, 2.45) is 4.99 Å². The van der Waals surface area contributed by atoms with Crippen LogP contribution < -0.4 is 4.90 Å². The number of aromatic nitrogens is 2. The number of hydrogen-bond acceptors (Lipinski definition) is 7. The van der Waals surface area contributed by atoms with Crippen LogP contribution in [0, 0.1) is 12.7 Å². The highest BCUT2D eigenvalue weighted by Crippen LogP contribution is 2.40. The van der Waals surface area contributed by atoms with Crippen LogP contribution in [-0.2, 0) is 4.79 Å². The van der Waals surface area contributed by atoms with Gasteiger partial charge in [-0.1, -0.05) is 32.0 Å². The summed E-state index contributed by atoms with van der Waals surface area (Å²) in [6.07, 6.45) is 1.69. The van der Waals surface area contributed by atoms with Crippen LogP contribution in [0.5, 0.6) is 0 Å². The molecule has 0 aliphatic carbocycles. The Hall–Kier alpha value is -3.04. The van der Waals surface area contributed by atoms with Crippen LogP contribution in [0.3, 0.4) is 0 Å². The zero-order valence-corrected chi connectivity index (χ0v) is 20.4. The molecule has 4 heterocycles. The highest BCUT2D eigenvalue weighted by Gasteiger charge is 2.38. The molecule has 2 aliphatic rings. The Bertz CT molecular complexity index is 1170. The van der Waals surface area contributed by atoms with Crippen molar-refractivity contribution in [2.45, 2.75) is 46.0 Å². The predicted molar refractivity (Wildman–Crippen MR) is 130 cm³/mol. The van der Waals surface area contributed by atoms with E-state index in [1.807, 2.05) is 38.7 Å². The molecule has 1 fully saturated rings. The van der Waals surface area contributed by atoms with E-state index in [0.29, 0.717) is 42.5 Å². The topological polar surface area (TPSA) is 85.2 Å². The number of carbonyl (C=O) groups is 1. The average Bonchev–Trinajstić information content (AvgIpc) is 2.79. The fourth-order valence-corrected chi connectivity index (χ4v) is 4.65. The monoisotopic (exact) mass is 486 g/mol. The van der Waals surface area contributed by atoms with Gasteiger partial charge in [0.15, 0.2) is 11.0 Å². The fourth-order valence-electron chi connectivity index (χ4n) is 4.51. The van der Waals surface area contributed by atoms with Gasteiger partial charge >= 0.3 is 0 Å². The molecule has 1 saturated heterocycles. The molecule has 1 amide bonds. The van der Waals surface area contributed by atoms with Gasteiger partial charge in [-0.15, -0.1) is 0 Å². The molecule has 10 heteroatoms. The van der Waals surface area contributed by atoms with Gasteiger partial charge in [-0.2, -0.15) is 0 Å². The molecule has 2 aliphatic heterocycles. The van der Waals surface area contributed by atoms with Crippen molar-refractivity contribution in [1.82, 2.24) is 19.8 Å². The molecule has 34 heavy (non-hydrogen) atoms. The summed E-state index contributed by atoms with van der Waals surface area (Å²) in [6, 6.07) is 3.01. The third-order valence-corrected chi connectivity index (χ3v) is 6.44. The summed E-state index contributed by atoms with van der Waals surface area (Å²) >= 11 is 6.10. The van der Waals surface area contributed by atoms with Crippen molar-refractivity contribution in [1.29, 1.82) is 0 Å². The molecule has 0 radical (unpaired) electrons. The number of carbonyl (C=O) groups excluding carboxylic acids is 1. The van der Waals surface area contributed by atoms with Crippen molar-refractivity contribution < 1.29 is 14.3 Å². The number of piperazine rings is 1. The summed E-state index contributed by atoms with van der Waals surface area (Å²) in [5, 5.41) is 11.0. The second kappa shape index (κ2) is 9.31. The van der Waals surface area contributed by atoms with Crippen LogP contribution in [0.15, 0.2) is 36.0 Å². The fraction of sp³-hybridized carbons (Fsp3) is 0.417. The Balaban J connectivity index is 1.83. The van der Waals surface area contributed by atoms with Crippen LogP contribution >= 0.6 is 11.6 Å². The van der Waals surface area contributed by atoms with E-state index < -0.39 is 12.2 Å². The first-order chi connectivity index (χ1) is 16.1. The lowest BCUT2D eigenvalue weighted by atomic mass is 10.0. The number of fused-ring (bicyclic) bond motifs is 1. The van der Waals surface area contributed by atoms with Crippen molar-refractivity contribution >= 4 is 34.8 Å². The Kier molecular flexibility index (Phi) is 6.60. The number of aliphatic imine (C=N–C) groups is 1. The van der Waals surface area contributed by atoms with E-state index in [1.54, 1.807) is 16.0 Å². The maximum atomic E-state index is 14.6. The molecule has 0 saturated carbocycles. The van der Waals surface area contributed by atoms with E-state index in [-0.39, 0.29) is 23.0 Å². The first-order valence-electron chi connectivity index (χ1n) is 11.2. The lowest BCUT2D eigenvalue weighted by Crippen LogP contribution is -2.56. The smallest absolute Gasteiger partial charge is 0.246 e. The largest absolute Gasteiger partial charge is 0.355 e. The van der Waals surface area contributed by atoms with Crippen LogP contribution in [0.4, 0.5) is 15.9 Å². The van der Waals surface area contributed by atoms with Crippen molar-refractivity contribution in [3.8, 4) is 0 Å². The second-order valence-corrected chi connectivity index (χ2v) is 9.21. The highest BCUT2D eigenvalue weighted by atomic mass is 35.5. The molecule has 180 valence electrons. The van der Waals surface area contributed by atoms with Gasteiger partial charge in [0.05, 0.1) is 16.9 Å². The van der Waals surface area contributed by atoms with Crippen LogP contribution in [0.25, 0.3) is 0 Å². The summed E-state index contributed by atoms with van der Waals surface area (Å²) in [5.74, 6) is -0.0465. The summed E-state index contributed by atoms with van der Waals surface area (Å²) in [7, 11) is 0. The first-order valence-corrected chi connectivity index (χ1v) is 11.6. The summed E-state index contributed by atoms with van der Waals surface area (Å²) in [4.78, 5) is 30.7. The molecule has 2 aromatic heterocycles. The molecular formula is C24H28ClFN6O2. The van der Waals surface area contributed by atoms with Gasteiger partial charge < -0.3 is 14.9 Å². The van der Waals surface area contributed by atoms with E-state index in [0.717, 1.165) is 11.3 Å². The normalized spacial score (nSPS) is 20.4. The third kappa shape index (κ3) is 4.14. The number of aliphatic hydroxyl groups excluding tert-OH is 1. The minimum atomic E-state index is -1.32. The first kappa shape index (κ1) is 24.1. The SMILES string of the molecule is C=CC(=O)N1CCN(C2=NC(O)N(c3c(C)ccnc3C(C)C)c3nc(Cl)c(F)cc32)[C@@H](C)C1. The number of anilines is 2. The molecule has 2 atom stereocenters. The maximum absolute atomic E-state index is 14.6. The Morgan fingerprint density at radius 2 is 2.12 bits per heavy atom. The van der Waals surface area contributed by atoms with E-state index in [4.69, 9.17) is 11.6 Å². The second-order valence-electron chi connectivity index (χ2n) is 8.85. The van der Waals surface area contributed by atoms with Crippen LogP contribution in [0.1, 0.15) is 43.5 Å². The van der Waals surface area contributed by atoms with Crippen molar-refractivity contribution in [3.05, 3.63) is 58.8 Å². The van der Waals surface area contributed by atoms with Gasteiger partial charge in [0, 0.05) is 31.9 Å². The quantitative estimate of drug-likeness (QED) is 0.527. The van der Waals surface area contributed by atoms with E-state index in [2.05, 4.69) is 21.5 Å². The molecule has 4 rings (SSSR count). The average molecular weight is 487 g/mol. The molecule has 0 bridgehead atoms. The molecule has 1 unspecified atom stereocenters. The summed E-state index contributed by atoms with van der Waals surface area (Å²) in [6.45, 7) is 12.8. The lowest BCUT2D eigenvalue weighted by molar-refractivity contribution is -0.128. The number of rotatable bonds is 3. The molecule has 0 aromatic carbocycles. The van der Waals surface area contributed by atoms with E-state index >= 15 is 0 Å². The maximum Gasteiger partial charge on any atom is 0.246 e. The van der Waals surface area contributed by atoms with Crippen molar-refractivity contribution in [2.75, 3.05) is 24.5 Å². The van der Waals surface area contributed by atoms with Gasteiger partial charge in [-0.05, 0) is 43.5 Å². The number of amides is 1. The van der Waals surface area contributed by atoms with E-state index in [9.17, 15) is 14.3 Å². The minimum absolute atomic E-state index is 0.0577. The number of pyridine rings is 2. The van der Waals surface area contributed by atoms with Crippen LogP contribution in [-0.4, -0.2) is 68.6 Å².